The molecule has 2 aromatic rings. The number of likely N-dealkylation sites (N-methyl/N-ethyl adjacent to an activating group) is 1. The van der Waals surface area contributed by atoms with Crippen LogP contribution in [-0.4, -0.2) is 90.1 Å². The lowest BCUT2D eigenvalue weighted by Crippen LogP contribution is -2.55. The largest absolute Gasteiger partial charge is 0.465 e. The lowest BCUT2D eigenvalue weighted by molar-refractivity contribution is 0.0356. The van der Waals surface area contributed by atoms with Gasteiger partial charge in [-0.1, -0.05) is 25.1 Å². The average molecular weight is 543 g/mol. The van der Waals surface area contributed by atoms with Gasteiger partial charge in [0.2, 0.25) is 0 Å². The fourth-order valence-corrected chi connectivity index (χ4v) is 6.22. The SMILES string of the molecule is CCN1C[C@@H](C)N(Cc2ccc(N(Cc3ccc(C(=O)OC)cc3F)C(=O)N3CCSCC3)cc2)[C@@H](C)C1. The minimum Gasteiger partial charge on any atom is -0.465 e. The number of urea groups is 1. The Balaban J connectivity index is 1.55. The monoisotopic (exact) mass is 542 g/mol. The number of carbonyl (C=O) groups excluding carboxylic acids is 2. The van der Waals surface area contributed by atoms with Gasteiger partial charge in [0.15, 0.2) is 0 Å². The van der Waals surface area contributed by atoms with Gasteiger partial charge in [0.25, 0.3) is 0 Å². The van der Waals surface area contributed by atoms with Crippen LogP contribution in [0.1, 0.15) is 42.3 Å². The Kier molecular flexibility index (Phi) is 9.68. The van der Waals surface area contributed by atoms with E-state index in [1.54, 1.807) is 11.0 Å². The third-order valence-corrected chi connectivity index (χ3v) is 8.50. The summed E-state index contributed by atoms with van der Waals surface area (Å²) in [7, 11) is 1.27. The topological polar surface area (TPSA) is 56.3 Å². The normalized spacial score (nSPS) is 20.8. The van der Waals surface area contributed by atoms with Gasteiger partial charge in [-0.2, -0.15) is 11.8 Å². The molecule has 0 saturated carbocycles. The molecule has 0 N–H and O–H groups in total. The van der Waals surface area contributed by atoms with Crippen LogP contribution in [0.15, 0.2) is 42.5 Å². The molecule has 2 fully saturated rings. The molecule has 2 atom stereocenters. The zero-order valence-electron chi connectivity index (χ0n) is 22.9. The van der Waals surface area contributed by atoms with Crippen molar-refractivity contribution in [1.82, 2.24) is 14.7 Å². The first-order chi connectivity index (χ1) is 18.3. The third-order valence-electron chi connectivity index (χ3n) is 7.55. The number of hydrogen-bond acceptors (Lipinski definition) is 6. The summed E-state index contributed by atoms with van der Waals surface area (Å²) in [5, 5.41) is 0. The lowest BCUT2D eigenvalue weighted by atomic mass is 10.1. The molecule has 0 unspecified atom stereocenters. The molecule has 2 aliphatic rings. The second kappa shape index (κ2) is 13.0. The van der Waals surface area contributed by atoms with E-state index in [1.165, 1.54) is 24.8 Å². The van der Waals surface area contributed by atoms with E-state index in [0.29, 0.717) is 30.7 Å². The number of piperazine rings is 1. The molecule has 38 heavy (non-hydrogen) atoms. The van der Waals surface area contributed by atoms with Crippen LogP contribution in [0.2, 0.25) is 0 Å². The average Bonchev–Trinajstić information content (AvgIpc) is 2.94. The number of ether oxygens (including phenoxy) is 1. The van der Waals surface area contributed by atoms with E-state index in [-0.39, 0.29) is 18.1 Å². The number of halogens is 1. The molecule has 0 aromatic heterocycles. The quantitative estimate of drug-likeness (QED) is 0.473. The molecule has 0 aliphatic carbocycles. The zero-order valence-corrected chi connectivity index (χ0v) is 23.7. The number of hydrogen-bond donors (Lipinski definition) is 0. The second-order valence-electron chi connectivity index (χ2n) is 10.2. The van der Waals surface area contributed by atoms with Gasteiger partial charge in [0, 0.05) is 67.6 Å². The van der Waals surface area contributed by atoms with Crippen LogP contribution in [-0.2, 0) is 17.8 Å². The number of thioether (sulfide) groups is 1. The molecule has 2 aliphatic heterocycles. The molecular weight excluding hydrogens is 503 g/mol. The first-order valence-electron chi connectivity index (χ1n) is 13.4. The van der Waals surface area contributed by atoms with Gasteiger partial charge in [0.1, 0.15) is 5.82 Å². The van der Waals surface area contributed by atoms with Crippen LogP contribution in [0.25, 0.3) is 0 Å². The number of methoxy groups -OCH3 is 1. The number of benzene rings is 2. The Hall–Kier alpha value is -2.62. The molecule has 0 radical (unpaired) electrons. The number of amides is 2. The van der Waals surface area contributed by atoms with Crippen LogP contribution in [0.4, 0.5) is 14.9 Å². The molecule has 2 heterocycles. The van der Waals surface area contributed by atoms with Gasteiger partial charge in [-0.15, -0.1) is 0 Å². The molecule has 4 rings (SSSR count). The van der Waals surface area contributed by atoms with Crippen molar-refractivity contribution in [3.05, 3.63) is 65.0 Å². The second-order valence-corrected chi connectivity index (χ2v) is 11.4. The van der Waals surface area contributed by atoms with Crippen LogP contribution in [0.5, 0.6) is 0 Å². The highest BCUT2D eigenvalue weighted by molar-refractivity contribution is 7.99. The standard InChI is InChI=1S/C29H39FN4O3S/c1-5-31-17-21(2)33(22(3)18-31)19-23-6-10-26(11-7-23)34(29(36)32-12-14-38-15-13-32)20-25-9-8-24(16-27(25)30)28(35)37-4/h6-11,16,21-22H,5,12-15,17-20H2,1-4H3/t21-,22+. The van der Waals surface area contributed by atoms with Gasteiger partial charge in [-0.3, -0.25) is 9.80 Å². The van der Waals surface area contributed by atoms with E-state index < -0.39 is 11.8 Å². The highest BCUT2D eigenvalue weighted by Crippen LogP contribution is 2.25. The third kappa shape index (κ3) is 6.68. The van der Waals surface area contributed by atoms with Crippen LogP contribution < -0.4 is 4.90 Å². The van der Waals surface area contributed by atoms with Crippen LogP contribution in [0, 0.1) is 5.82 Å². The van der Waals surface area contributed by atoms with E-state index >= 15 is 4.39 Å². The maximum atomic E-state index is 15.0. The van der Waals surface area contributed by atoms with Gasteiger partial charge in [-0.25, -0.2) is 14.0 Å². The van der Waals surface area contributed by atoms with Gasteiger partial charge >= 0.3 is 12.0 Å². The predicted molar refractivity (Wildman–Crippen MR) is 151 cm³/mol. The molecule has 2 aromatic carbocycles. The summed E-state index contributed by atoms with van der Waals surface area (Å²) in [6.45, 7) is 12.2. The van der Waals surface area contributed by atoms with Crippen molar-refractivity contribution in [1.29, 1.82) is 0 Å². The number of rotatable bonds is 7. The maximum Gasteiger partial charge on any atom is 0.337 e. The minimum absolute atomic E-state index is 0.0716. The van der Waals surface area contributed by atoms with Crippen LogP contribution in [0.3, 0.4) is 0 Å². The zero-order chi connectivity index (χ0) is 27.2. The number of anilines is 1. The van der Waals surface area contributed by atoms with Crippen molar-refractivity contribution in [3.63, 3.8) is 0 Å². The van der Waals surface area contributed by atoms with E-state index in [0.717, 1.165) is 43.4 Å². The summed E-state index contributed by atoms with van der Waals surface area (Å²) in [6.07, 6.45) is 0. The smallest absolute Gasteiger partial charge is 0.337 e. The first-order valence-corrected chi connectivity index (χ1v) is 14.5. The highest BCUT2D eigenvalue weighted by atomic mass is 32.2. The Bertz CT molecular complexity index is 1100. The van der Waals surface area contributed by atoms with Crippen molar-refractivity contribution in [2.24, 2.45) is 0 Å². The predicted octanol–water partition coefficient (Wildman–Crippen LogP) is 4.70. The summed E-state index contributed by atoms with van der Waals surface area (Å²) < 4.78 is 19.7. The molecule has 2 amide bonds. The minimum atomic E-state index is -0.593. The summed E-state index contributed by atoms with van der Waals surface area (Å²) in [5.41, 5.74) is 2.41. The van der Waals surface area contributed by atoms with Crippen molar-refractivity contribution in [2.75, 3.05) is 56.2 Å². The van der Waals surface area contributed by atoms with Crippen LogP contribution >= 0.6 is 11.8 Å². The van der Waals surface area contributed by atoms with Gasteiger partial charge < -0.3 is 14.5 Å². The highest BCUT2D eigenvalue weighted by Gasteiger charge is 2.29. The fraction of sp³-hybridized carbons (Fsp3) is 0.517. The fourth-order valence-electron chi connectivity index (χ4n) is 5.31. The van der Waals surface area contributed by atoms with E-state index in [1.807, 2.05) is 28.8 Å². The Morgan fingerprint density at radius 1 is 1.05 bits per heavy atom. The van der Waals surface area contributed by atoms with Crippen molar-refractivity contribution >= 4 is 29.4 Å². The maximum absolute atomic E-state index is 15.0. The van der Waals surface area contributed by atoms with Crippen molar-refractivity contribution < 1.29 is 18.7 Å². The summed E-state index contributed by atoms with van der Waals surface area (Å²) in [6, 6.07) is 13.1. The Labute approximate surface area is 229 Å². The number of nitrogens with zero attached hydrogens (tertiary/aromatic N) is 4. The van der Waals surface area contributed by atoms with E-state index in [9.17, 15) is 9.59 Å². The molecule has 206 valence electrons. The molecule has 7 nitrogen and oxygen atoms in total. The van der Waals surface area contributed by atoms with Crippen molar-refractivity contribution in [2.45, 2.75) is 45.9 Å². The molecule has 2 saturated heterocycles. The Morgan fingerprint density at radius 3 is 2.29 bits per heavy atom. The summed E-state index contributed by atoms with van der Waals surface area (Å²) in [5.74, 6) is 0.653. The summed E-state index contributed by atoms with van der Waals surface area (Å²) in [4.78, 5) is 33.9. The van der Waals surface area contributed by atoms with Crippen molar-refractivity contribution in [3.8, 4) is 0 Å². The molecule has 0 bridgehead atoms. The van der Waals surface area contributed by atoms with E-state index in [2.05, 4.69) is 42.7 Å². The molecule has 9 heteroatoms. The Morgan fingerprint density at radius 2 is 1.71 bits per heavy atom. The summed E-state index contributed by atoms with van der Waals surface area (Å²) >= 11 is 1.83. The molecule has 0 spiro atoms. The number of esters is 1. The van der Waals surface area contributed by atoms with Gasteiger partial charge in [0.05, 0.1) is 19.2 Å². The van der Waals surface area contributed by atoms with E-state index in [4.69, 9.17) is 4.74 Å². The van der Waals surface area contributed by atoms with Gasteiger partial charge in [-0.05, 0) is 50.2 Å². The molecular formula is C29H39FN4O3S. The lowest BCUT2D eigenvalue weighted by Gasteiger charge is -2.44. The first kappa shape index (κ1) is 28.4. The number of carbonyl (C=O) groups is 2.